The molecule has 2 aromatic heterocycles. The molecule has 0 radical (unpaired) electrons. The number of carbonyl (C=O) groups excluding carboxylic acids is 2. The first-order valence-electron chi connectivity index (χ1n) is 7.75. The van der Waals surface area contributed by atoms with Gasteiger partial charge in [-0.1, -0.05) is 0 Å². The average molecular weight is 330 g/mol. The zero-order chi connectivity index (χ0) is 17.7. The van der Waals surface area contributed by atoms with Crippen LogP contribution in [0.3, 0.4) is 0 Å². The zero-order valence-electron chi connectivity index (χ0n) is 14.3. The Labute approximate surface area is 141 Å². The third kappa shape index (κ3) is 4.62. The highest BCUT2D eigenvalue weighted by Crippen LogP contribution is 2.14. The Bertz CT molecular complexity index is 747. The van der Waals surface area contributed by atoms with Crippen LogP contribution in [0.15, 0.2) is 30.5 Å². The Balaban J connectivity index is 2.12. The van der Waals surface area contributed by atoms with E-state index in [4.69, 9.17) is 9.47 Å². The van der Waals surface area contributed by atoms with Crippen molar-refractivity contribution in [3.63, 3.8) is 0 Å². The van der Waals surface area contributed by atoms with Crippen molar-refractivity contribution in [1.82, 2.24) is 9.55 Å². The van der Waals surface area contributed by atoms with Crippen molar-refractivity contribution in [3.05, 3.63) is 47.5 Å². The number of aromatic amines is 1. The molecule has 0 aliphatic carbocycles. The molecule has 0 aromatic carbocycles. The first kappa shape index (κ1) is 17.6. The third-order valence-corrected chi connectivity index (χ3v) is 3.01. The SMILES string of the molecule is CCOC(=O)c1ccc(/C=C/c2cccn2C(=O)OC(C)(C)C)[nH]1. The van der Waals surface area contributed by atoms with E-state index in [0.717, 1.165) is 5.69 Å². The first-order chi connectivity index (χ1) is 11.3. The van der Waals surface area contributed by atoms with Crippen LogP contribution in [0.2, 0.25) is 0 Å². The number of aromatic nitrogens is 2. The van der Waals surface area contributed by atoms with E-state index in [0.29, 0.717) is 18.0 Å². The normalized spacial score (nSPS) is 11.7. The van der Waals surface area contributed by atoms with E-state index >= 15 is 0 Å². The first-order valence-corrected chi connectivity index (χ1v) is 7.75. The molecule has 0 saturated carbocycles. The molecule has 0 bridgehead atoms. The fraction of sp³-hybridized carbons (Fsp3) is 0.333. The lowest BCUT2D eigenvalue weighted by Gasteiger charge is -2.20. The predicted octanol–water partition coefficient (Wildman–Crippen LogP) is 3.95. The highest BCUT2D eigenvalue weighted by molar-refractivity contribution is 5.88. The van der Waals surface area contributed by atoms with Crippen LogP contribution in [0.4, 0.5) is 4.79 Å². The molecule has 0 aliphatic rings. The van der Waals surface area contributed by atoms with Crippen molar-refractivity contribution in [2.24, 2.45) is 0 Å². The van der Waals surface area contributed by atoms with Crippen molar-refractivity contribution in [2.75, 3.05) is 6.61 Å². The van der Waals surface area contributed by atoms with Gasteiger partial charge in [-0.15, -0.1) is 0 Å². The summed E-state index contributed by atoms with van der Waals surface area (Å²) in [7, 11) is 0. The van der Waals surface area contributed by atoms with Crippen molar-refractivity contribution < 1.29 is 19.1 Å². The van der Waals surface area contributed by atoms with E-state index in [1.807, 2.05) is 20.8 Å². The van der Waals surface area contributed by atoms with Crippen molar-refractivity contribution in [3.8, 4) is 0 Å². The minimum absolute atomic E-state index is 0.326. The van der Waals surface area contributed by atoms with Crippen LogP contribution >= 0.6 is 0 Å². The Morgan fingerprint density at radius 3 is 2.62 bits per heavy atom. The molecule has 2 rings (SSSR count). The molecular formula is C18H22N2O4. The van der Waals surface area contributed by atoms with Gasteiger partial charge in [0.1, 0.15) is 11.3 Å². The number of carbonyl (C=O) groups is 2. The maximum absolute atomic E-state index is 12.2. The van der Waals surface area contributed by atoms with Crippen LogP contribution in [-0.4, -0.2) is 33.8 Å². The molecule has 2 aromatic rings. The highest BCUT2D eigenvalue weighted by atomic mass is 16.6. The molecule has 0 atom stereocenters. The monoisotopic (exact) mass is 330 g/mol. The van der Waals surface area contributed by atoms with Gasteiger partial charge in [0, 0.05) is 11.9 Å². The Kier molecular flexibility index (Phi) is 5.28. The van der Waals surface area contributed by atoms with Gasteiger partial charge in [0.25, 0.3) is 0 Å². The van der Waals surface area contributed by atoms with Gasteiger partial charge < -0.3 is 14.5 Å². The molecule has 128 valence electrons. The topological polar surface area (TPSA) is 73.3 Å². The average Bonchev–Trinajstić information content (AvgIpc) is 3.13. The molecule has 0 fully saturated rings. The smallest absolute Gasteiger partial charge is 0.418 e. The summed E-state index contributed by atoms with van der Waals surface area (Å²) in [5.41, 5.74) is 1.24. The van der Waals surface area contributed by atoms with Gasteiger partial charge in [-0.05, 0) is 64.1 Å². The van der Waals surface area contributed by atoms with E-state index in [-0.39, 0.29) is 0 Å². The van der Waals surface area contributed by atoms with Gasteiger partial charge in [0.15, 0.2) is 0 Å². The van der Waals surface area contributed by atoms with Crippen LogP contribution in [0.25, 0.3) is 12.2 Å². The van der Waals surface area contributed by atoms with Crippen LogP contribution in [0.5, 0.6) is 0 Å². The maximum Gasteiger partial charge on any atom is 0.418 e. The summed E-state index contributed by atoms with van der Waals surface area (Å²) in [6.07, 6.45) is 4.75. The highest BCUT2D eigenvalue weighted by Gasteiger charge is 2.18. The van der Waals surface area contributed by atoms with Crippen LogP contribution < -0.4 is 0 Å². The Hall–Kier alpha value is -2.76. The molecule has 6 heteroatoms. The lowest BCUT2D eigenvalue weighted by molar-refractivity contribution is 0.0515. The van der Waals surface area contributed by atoms with Gasteiger partial charge >= 0.3 is 12.1 Å². The quantitative estimate of drug-likeness (QED) is 0.862. The predicted molar refractivity (Wildman–Crippen MR) is 91.7 cm³/mol. The third-order valence-electron chi connectivity index (χ3n) is 3.01. The standard InChI is InChI=1S/C18H22N2O4/c1-5-23-16(21)15-11-9-13(19-15)8-10-14-7-6-12-20(14)17(22)24-18(2,3)4/h6-12,19H,5H2,1-4H3/b10-8+. The summed E-state index contributed by atoms with van der Waals surface area (Å²) in [6, 6.07) is 6.99. The molecule has 1 N–H and O–H groups in total. The van der Waals surface area contributed by atoms with Crippen LogP contribution in [0, 0.1) is 0 Å². The minimum Gasteiger partial charge on any atom is -0.461 e. The van der Waals surface area contributed by atoms with E-state index in [2.05, 4.69) is 4.98 Å². The number of nitrogens with one attached hydrogen (secondary N) is 1. The van der Waals surface area contributed by atoms with E-state index in [1.165, 1.54) is 4.57 Å². The number of H-pyrrole nitrogens is 1. The zero-order valence-corrected chi connectivity index (χ0v) is 14.3. The summed E-state index contributed by atoms with van der Waals surface area (Å²) < 4.78 is 11.7. The van der Waals surface area contributed by atoms with Gasteiger partial charge in [-0.2, -0.15) is 0 Å². The molecular weight excluding hydrogens is 308 g/mol. The van der Waals surface area contributed by atoms with E-state index < -0.39 is 17.7 Å². The summed E-state index contributed by atoms with van der Waals surface area (Å²) in [4.78, 5) is 26.7. The van der Waals surface area contributed by atoms with Crippen molar-refractivity contribution in [1.29, 1.82) is 0 Å². The molecule has 24 heavy (non-hydrogen) atoms. The van der Waals surface area contributed by atoms with Gasteiger partial charge in [0.05, 0.1) is 12.3 Å². The van der Waals surface area contributed by atoms with Crippen molar-refractivity contribution >= 4 is 24.2 Å². The van der Waals surface area contributed by atoms with Gasteiger partial charge in [-0.3, -0.25) is 4.57 Å². The summed E-state index contributed by atoms with van der Waals surface area (Å²) in [5.74, 6) is -0.394. The number of hydrogen-bond donors (Lipinski definition) is 1. The molecule has 2 heterocycles. The maximum atomic E-state index is 12.2. The van der Waals surface area contributed by atoms with Crippen LogP contribution in [-0.2, 0) is 9.47 Å². The molecule has 0 unspecified atom stereocenters. The van der Waals surface area contributed by atoms with Gasteiger partial charge in [-0.25, -0.2) is 9.59 Å². The largest absolute Gasteiger partial charge is 0.461 e. The van der Waals surface area contributed by atoms with E-state index in [1.54, 1.807) is 49.5 Å². The fourth-order valence-corrected chi connectivity index (χ4v) is 2.02. The Morgan fingerprint density at radius 2 is 1.96 bits per heavy atom. The van der Waals surface area contributed by atoms with E-state index in [9.17, 15) is 9.59 Å². The van der Waals surface area contributed by atoms with Crippen LogP contribution in [0.1, 0.15) is 49.6 Å². The summed E-state index contributed by atoms with van der Waals surface area (Å²) in [5, 5.41) is 0. The molecule has 0 amide bonds. The van der Waals surface area contributed by atoms with Gasteiger partial charge in [0.2, 0.25) is 0 Å². The second-order valence-electron chi connectivity index (χ2n) is 6.16. The Morgan fingerprint density at radius 1 is 1.21 bits per heavy atom. The number of rotatable bonds is 4. The second-order valence-corrected chi connectivity index (χ2v) is 6.16. The molecule has 0 spiro atoms. The lowest BCUT2D eigenvalue weighted by Crippen LogP contribution is -2.27. The number of esters is 1. The number of nitrogens with zero attached hydrogens (tertiary/aromatic N) is 1. The second kappa shape index (κ2) is 7.21. The molecule has 6 nitrogen and oxygen atoms in total. The summed E-state index contributed by atoms with van der Waals surface area (Å²) in [6.45, 7) is 7.54. The minimum atomic E-state index is -0.559. The molecule has 0 aliphatic heterocycles. The van der Waals surface area contributed by atoms with Crippen molar-refractivity contribution in [2.45, 2.75) is 33.3 Å². The lowest BCUT2D eigenvalue weighted by atomic mass is 10.2. The fourth-order valence-electron chi connectivity index (χ4n) is 2.02. The summed E-state index contributed by atoms with van der Waals surface area (Å²) >= 11 is 0. The molecule has 0 saturated heterocycles. The number of ether oxygens (including phenoxy) is 2. The number of hydrogen-bond acceptors (Lipinski definition) is 4.